The highest BCUT2D eigenvalue weighted by Crippen LogP contribution is 2.24. The van der Waals surface area contributed by atoms with Gasteiger partial charge in [-0.1, -0.05) is 30.3 Å². The topological polar surface area (TPSA) is 59.9 Å². The van der Waals surface area contributed by atoms with Crippen molar-refractivity contribution in [2.75, 3.05) is 18.5 Å². The first-order chi connectivity index (χ1) is 12.9. The van der Waals surface area contributed by atoms with E-state index >= 15 is 0 Å². The zero-order valence-electron chi connectivity index (χ0n) is 14.2. The summed E-state index contributed by atoms with van der Waals surface area (Å²) in [7, 11) is 0. The maximum absolute atomic E-state index is 5.74. The van der Waals surface area contributed by atoms with E-state index in [-0.39, 0.29) is 0 Å². The summed E-state index contributed by atoms with van der Waals surface area (Å²) in [5.74, 6) is 2.31. The van der Waals surface area contributed by atoms with Crippen LogP contribution < -0.4 is 10.1 Å². The Bertz CT molecular complexity index is 990. The van der Waals surface area contributed by atoms with Crippen LogP contribution in [0.1, 0.15) is 0 Å². The Morgan fingerprint density at radius 3 is 2.54 bits per heavy atom. The van der Waals surface area contributed by atoms with Crippen LogP contribution in [0.25, 0.3) is 22.3 Å². The Kier molecular flexibility index (Phi) is 4.69. The lowest BCUT2D eigenvalue weighted by Gasteiger charge is -2.11. The third-order valence-electron chi connectivity index (χ3n) is 3.93. The number of aromatic nitrogens is 3. The average molecular weight is 342 g/mol. The maximum Gasteiger partial charge on any atom is 0.163 e. The van der Waals surface area contributed by atoms with Crippen molar-refractivity contribution in [1.82, 2.24) is 15.0 Å². The molecule has 2 heterocycles. The minimum absolute atomic E-state index is 0.546. The van der Waals surface area contributed by atoms with E-state index in [4.69, 9.17) is 9.72 Å². The van der Waals surface area contributed by atoms with Crippen molar-refractivity contribution < 1.29 is 4.74 Å². The monoisotopic (exact) mass is 342 g/mol. The third kappa shape index (κ3) is 3.62. The van der Waals surface area contributed by atoms with Gasteiger partial charge < -0.3 is 10.1 Å². The molecule has 5 heteroatoms. The van der Waals surface area contributed by atoms with Crippen LogP contribution in [0, 0.1) is 0 Å². The number of nitrogens with one attached hydrogen (secondary N) is 1. The molecule has 2 aromatic carbocycles. The highest BCUT2D eigenvalue weighted by atomic mass is 16.5. The highest BCUT2D eigenvalue weighted by Gasteiger charge is 2.09. The molecule has 4 aromatic rings. The first kappa shape index (κ1) is 16.0. The molecule has 0 aliphatic heterocycles. The summed E-state index contributed by atoms with van der Waals surface area (Å²) in [6, 6.07) is 21.6. The fourth-order valence-electron chi connectivity index (χ4n) is 2.69. The summed E-state index contributed by atoms with van der Waals surface area (Å²) in [6.07, 6.45) is 3.51. The molecule has 0 aliphatic rings. The molecule has 0 spiro atoms. The molecule has 0 bridgehead atoms. The summed E-state index contributed by atoms with van der Waals surface area (Å²) in [5.41, 5.74) is 1.79. The van der Waals surface area contributed by atoms with E-state index in [1.54, 1.807) is 12.4 Å². The Morgan fingerprint density at radius 2 is 1.69 bits per heavy atom. The van der Waals surface area contributed by atoms with Gasteiger partial charge in [-0.25, -0.2) is 9.97 Å². The smallest absolute Gasteiger partial charge is 0.163 e. The normalized spacial score (nSPS) is 10.6. The Labute approximate surface area is 151 Å². The van der Waals surface area contributed by atoms with Crippen LogP contribution in [0.15, 0.2) is 79.1 Å². The van der Waals surface area contributed by atoms with E-state index in [1.807, 2.05) is 66.7 Å². The van der Waals surface area contributed by atoms with E-state index < -0.39 is 0 Å². The Hall–Kier alpha value is -3.47. The molecule has 0 saturated carbocycles. The number of nitrogens with zero attached hydrogens (tertiary/aromatic N) is 3. The van der Waals surface area contributed by atoms with Crippen LogP contribution >= 0.6 is 0 Å². The van der Waals surface area contributed by atoms with Gasteiger partial charge in [-0.15, -0.1) is 0 Å². The number of ether oxygens (including phenoxy) is 1. The predicted octanol–water partition coefficient (Wildman–Crippen LogP) is 4.18. The van der Waals surface area contributed by atoms with E-state index in [0.717, 1.165) is 28.0 Å². The van der Waals surface area contributed by atoms with E-state index in [0.29, 0.717) is 19.0 Å². The molecule has 128 valence electrons. The van der Waals surface area contributed by atoms with Gasteiger partial charge in [0.05, 0.1) is 12.1 Å². The van der Waals surface area contributed by atoms with Gasteiger partial charge in [0, 0.05) is 23.3 Å². The largest absolute Gasteiger partial charge is 0.492 e. The van der Waals surface area contributed by atoms with Crippen molar-refractivity contribution in [1.29, 1.82) is 0 Å². The van der Waals surface area contributed by atoms with Crippen LogP contribution in [0.3, 0.4) is 0 Å². The Morgan fingerprint density at radius 1 is 0.846 bits per heavy atom. The molecule has 0 aliphatic carbocycles. The lowest BCUT2D eigenvalue weighted by Crippen LogP contribution is -2.13. The zero-order valence-corrected chi connectivity index (χ0v) is 14.2. The molecule has 0 unspecified atom stereocenters. The first-order valence-corrected chi connectivity index (χ1v) is 8.49. The van der Waals surface area contributed by atoms with Crippen LogP contribution in [-0.4, -0.2) is 28.1 Å². The molecule has 0 amide bonds. The summed E-state index contributed by atoms with van der Waals surface area (Å²) >= 11 is 0. The van der Waals surface area contributed by atoms with Crippen molar-refractivity contribution in [2.24, 2.45) is 0 Å². The van der Waals surface area contributed by atoms with Crippen molar-refractivity contribution in [2.45, 2.75) is 0 Å². The standard InChI is InChI=1S/C21H18N4O/c1-2-8-17(9-3-1)26-14-13-23-21-18-10-4-5-11-19(18)24-20(25-21)16-7-6-12-22-15-16/h1-12,15H,13-14H2,(H,23,24,25). The number of para-hydroxylation sites is 2. The SMILES string of the molecule is c1ccc(OCCNc2nc(-c3cccnc3)nc3ccccc23)cc1. The minimum Gasteiger partial charge on any atom is -0.492 e. The second-order valence-electron chi connectivity index (χ2n) is 5.74. The number of pyridine rings is 1. The van der Waals surface area contributed by atoms with Gasteiger partial charge in [0.25, 0.3) is 0 Å². The van der Waals surface area contributed by atoms with E-state index in [1.165, 1.54) is 0 Å². The number of hydrogen-bond acceptors (Lipinski definition) is 5. The quantitative estimate of drug-likeness (QED) is 0.533. The summed E-state index contributed by atoms with van der Waals surface area (Å²) < 4.78 is 5.74. The van der Waals surface area contributed by atoms with Crippen molar-refractivity contribution in [3.63, 3.8) is 0 Å². The average Bonchev–Trinajstić information content (AvgIpc) is 2.72. The molecule has 0 saturated heterocycles. The Balaban J connectivity index is 1.55. The van der Waals surface area contributed by atoms with Crippen molar-refractivity contribution in [3.05, 3.63) is 79.1 Å². The number of fused-ring (bicyclic) bond motifs is 1. The molecule has 4 rings (SSSR count). The number of benzene rings is 2. The zero-order chi connectivity index (χ0) is 17.6. The lowest BCUT2D eigenvalue weighted by molar-refractivity contribution is 0.333. The molecule has 1 N–H and O–H groups in total. The van der Waals surface area contributed by atoms with Crippen molar-refractivity contribution >= 4 is 16.7 Å². The lowest BCUT2D eigenvalue weighted by atomic mass is 10.2. The summed E-state index contributed by atoms with van der Waals surface area (Å²) in [4.78, 5) is 13.5. The minimum atomic E-state index is 0.546. The molecule has 5 nitrogen and oxygen atoms in total. The second kappa shape index (κ2) is 7.61. The van der Waals surface area contributed by atoms with E-state index in [9.17, 15) is 0 Å². The van der Waals surface area contributed by atoms with Gasteiger partial charge >= 0.3 is 0 Å². The molecular formula is C21H18N4O. The number of hydrogen-bond donors (Lipinski definition) is 1. The van der Waals surface area contributed by atoms with Gasteiger partial charge in [0.2, 0.25) is 0 Å². The maximum atomic E-state index is 5.74. The van der Waals surface area contributed by atoms with Gasteiger partial charge in [0.1, 0.15) is 18.2 Å². The van der Waals surface area contributed by atoms with Crippen LogP contribution in [0.4, 0.5) is 5.82 Å². The van der Waals surface area contributed by atoms with Crippen LogP contribution in [-0.2, 0) is 0 Å². The van der Waals surface area contributed by atoms with E-state index in [2.05, 4.69) is 15.3 Å². The second-order valence-corrected chi connectivity index (χ2v) is 5.74. The van der Waals surface area contributed by atoms with Gasteiger partial charge in [0.15, 0.2) is 5.82 Å². The van der Waals surface area contributed by atoms with Crippen LogP contribution in [0.2, 0.25) is 0 Å². The van der Waals surface area contributed by atoms with Crippen molar-refractivity contribution in [3.8, 4) is 17.1 Å². The molecular weight excluding hydrogens is 324 g/mol. The van der Waals surface area contributed by atoms with Crippen LogP contribution in [0.5, 0.6) is 5.75 Å². The number of rotatable bonds is 6. The van der Waals surface area contributed by atoms with Gasteiger partial charge in [-0.2, -0.15) is 0 Å². The molecule has 0 radical (unpaired) electrons. The van der Waals surface area contributed by atoms with Gasteiger partial charge in [-0.05, 0) is 36.4 Å². The summed E-state index contributed by atoms with van der Waals surface area (Å²) in [5, 5.41) is 4.36. The first-order valence-electron chi connectivity index (χ1n) is 8.49. The summed E-state index contributed by atoms with van der Waals surface area (Å²) in [6.45, 7) is 1.19. The number of anilines is 1. The molecule has 2 aromatic heterocycles. The molecule has 26 heavy (non-hydrogen) atoms. The fraction of sp³-hybridized carbons (Fsp3) is 0.0952. The molecule has 0 fully saturated rings. The molecule has 0 atom stereocenters. The van der Waals surface area contributed by atoms with Gasteiger partial charge in [-0.3, -0.25) is 4.98 Å². The predicted molar refractivity (Wildman–Crippen MR) is 103 cm³/mol. The fourth-order valence-corrected chi connectivity index (χ4v) is 2.69. The highest BCUT2D eigenvalue weighted by molar-refractivity contribution is 5.90. The third-order valence-corrected chi connectivity index (χ3v) is 3.93.